The second-order valence-electron chi connectivity index (χ2n) is 5.97. The Balaban J connectivity index is 1.80. The van der Waals surface area contributed by atoms with E-state index < -0.39 is 0 Å². The second-order valence-corrected chi connectivity index (χ2v) is 7.21. The molecule has 0 amide bonds. The number of aryl methyl sites for hydroxylation is 1. The van der Waals surface area contributed by atoms with Crippen LogP contribution in [-0.2, 0) is 0 Å². The molecule has 1 aromatic heterocycles. The quantitative estimate of drug-likeness (QED) is 0.814. The van der Waals surface area contributed by atoms with Crippen LogP contribution in [0.2, 0.25) is 0 Å². The molecule has 0 aliphatic heterocycles. The number of thiazole rings is 1. The minimum Gasteiger partial charge on any atom is -0.397 e. The number of fused-ring (bicyclic) bond motifs is 1. The van der Waals surface area contributed by atoms with Gasteiger partial charge < -0.3 is 11.1 Å². The highest BCUT2D eigenvalue weighted by Crippen LogP contribution is 2.32. The third-order valence-corrected chi connectivity index (χ3v) is 5.34. The number of nitrogens with two attached hydrogens (primary N) is 1. The van der Waals surface area contributed by atoms with Gasteiger partial charge in [0, 0.05) is 6.04 Å². The number of aromatic nitrogens is 1. The fraction of sp³-hybridized carbons (Fsp3) is 0.562. The van der Waals surface area contributed by atoms with Gasteiger partial charge in [0.1, 0.15) is 0 Å². The summed E-state index contributed by atoms with van der Waals surface area (Å²) in [6.45, 7) is 4.32. The van der Waals surface area contributed by atoms with E-state index in [1.165, 1.54) is 36.8 Å². The number of nitrogens with zero attached hydrogens (tertiary/aromatic N) is 1. The van der Waals surface area contributed by atoms with Crippen LogP contribution in [-0.4, -0.2) is 11.0 Å². The summed E-state index contributed by atoms with van der Waals surface area (Å²) in [5, 5.41) is 4.72. The highest BCUT2D eigenvalue weighted by atomic mass is 32.1. The summed E-state index contributed by atoms with van der Waals surface area (Å²) < 4.78 is 1.18. The highest BCUT2D eigenvalue weighted by Gasteiger charge is 2.20. The summed E-state index contributed by atoms with van der Waals surface area (Å²) in [5.41, 5.74) is 9.13. The Morgan fingerprint density at radius 3 is 2.80 bits per heavy atom. The molecule has 1 atom stereocenters. The predicted octanol–water partition coefficient (Wildman–Crippen LogP) is 4.57. The number of anilines is 2. The van der Waals surface area contributed by atoms with Crippen molar-refractivity contribution >= 4 is 32.9 Å². The first-order valence-corrected chi connectivity index (χ1v) is 8.38. The lowest BCUT2D eigenvalue weighted by atomic mass is 9.84. The van der Waals surface area contributed by atoms with Gasteiger partial charge in [0.05, 0.1) is 26.6 Å². The maximum atomic E-state index is 6.19. The first-order valence-electron chi connectivity index (χ1n) is 7.56. The van der Waals surface area contributed by atoms with E-state index in [0.29, 0.717) is 6.04 Å². The molecule has 3 rings (SSSR count). The smallest absolute Gasteiger partial charge is 0.0907 e. The zero-order chi connectivity index (χ0) is 14.1. The van der Waals surface area contributed by atoms with Crippen LogP contribution in [0.1, 0.15) is 44.0 Å². The van der Waals surface area contributed by atoms with Crippen molar-refractivity contribution in [2.24, 2.45) is 5.92 Å². The van der Waals surface area contributed by atoms with Crippen LogP contribution in [0.5, 0.6) is 0 Å². The number of hydrogen-bond donors (Lipinski definition) is 2. The van der Waals surface area contributed by atoms with Gasteiger partial charge in [0.25, 0.3) is 0 Å². The Kier molecular flexibility index (Phi) is 3.83. The Morgan fingerprint density at radius 1 is 1.30 bits per heavy atom. The molecule has 1 unspecified atom stereocenters. The second kappa shape index (κ2) is 5.60. The molecule has 1 heterocycles. The predicted molar refractivity (Wildman–Crippen MR) is 88.4 cm³/mol. The lowest BCUT2D eigenvalue weighted by Gasteiger charge is -2.29. The maximum Gasteiger partial charge on any atom is 0.0907 e. The van der Waals surface area contributed by atoms with Crippen molar-refractivity contribution in [1.82, 2.24) is 4.98 Å². The average Bonchev–Trinajstić information content (AvgIpc) is 2.79. The van der Waals surface area contributed by atoms with Gasteiger partial charge in [0.15, 0.2) is 0 Å². The number of nitrogen functional groups attached to an aromatic ring is 1. The summed E-state index contributed by atoms with van der Waals surface area (Å²) in [6, 6.07) is 4.64. The van der Waals surface area contributed by atoms with Crippen LogP contribution >= 0.6 is 11.3 Å². The van der Waals surface area contributed by atoms with E-state index >= 15 is 0 Å². The first-order chi connectivity index (χ1) is 9.63. The van der Waals surface area contributed by atoms with E-state index in [9.17, 15) is 0 Å². The van der Waals surface area contributed by atoms with Crippen LogP contribution in [0.4, 0.5) is 11.4 Å². The molecule has 1 aliphatic carbocycles. The first kappa shape index (κ1) is 13.7. The van der Waals surface area contributed by atoms with Crippen molar-refractivity contribution in [1.29, 1.82) is 0 Å². The zero-order valence-electron chi connectivity index (χ0n) is 12.3. The van der Waals surface area contributed by atoms with Crippen molar-refractivity contribution < 1.29 is 0 Å². The Bertz CT molecular complexity index is 599. The monoisotopic (exact) mass is 289 g/mol. The molecule has 3 N–H and O–H groups in total. The molecule has 0 radical (unpaired) electrons. The van der Waals surface area contributed by atoms with Gasteiger partial charge in [-0.05, 0) is 44.7 Å². The van der Waals surface area contributed by atoms with Crippen molar-refractivity contribution in [3.63, 3.8) is 0 Å². The van der Waals surface area contributed by atoms with E-state index in [2.05, 4.69) is 29.4 Å². The molecule has 4 heteroatoms. The van der Waals surface area contributed by atoms with Crippen LogP contribution in [0.25, 0.3) is 10.2 Å². The molecule has 0 spiro atoms. The van der Waals surface area contributed by atoms with Gasteiger partial charge in [-0.3, -0.25) is 0 Å². The van der Waals surface area contributed by atoms with Crippen molar-refractivity contribution in [2.45, 2.75) is 52.0 Å². The lowest BCUT2D eigenvalue weighted by Crippen LogP contribution is -2.28. The SMILES string of the molecule is Cc1nc2cc(NC(C)C3CCCCC3)c(N)cc2s1. The van der Waals surface area contributed by atoms with E-state index in [0.717, 1.165) is 27.8 Å². The van der Waals surface area contributed by atoms with Gasteiger partial charge in [-0.2, -0.15) is 0 Å². The molecule has 0 bridgehead atoms. The zero-order valence-corrected chi connectivity index (χ0v) is 13.1. The number of benzene rings is 1. The van der Waals surface area contributed by atoms with Crippen molar-refractivity contribution in [3.05, 3.63) is 17.1 Å². The molecular weight excluding hydrogens is 266 g/mol. The number of rotatable bonds is 3. The van der Waals surface area contributed by atoms with Crippen molar-refractivity contribution in [3.8, 4) is 0 Å². The van der Waals surface area contributed by atoms with Gasteiger partial charge >= 0.3 is 0 Å². The average molecular weight is 289 g/mol. The van der Waals surface area contributed by atoms with Crippen LogP contribution in [0.15, 0.2) is 12.1 Å². The van der Waals surface area contributed by atoms with Gasteiger partial charge in [-0.15, -0.1) is 11.3 Å². The van der Waals surface area contributed by atoms with Crippen LogP contribution in [0, 0.1) is 12.8 Å². The molecule has 1 saturated carbocycles. The molecule has 3 nitrogen and oxygen atoms in total. The fourth-order valence-electron chi connectivity index (χ4n) is 3.23. The topological polar surface area (TPSA) is 50.9 Å². The van der Waals surface area contributed by atoms with Crippen LogP contribution < -0.4 is 11.1 Å². The van der Waals surface area contributed by atoms with Crippen molar-refractivity contribution in [2.75, 3.05) is 11.1 Å². The Morgan fingerprint density at radius 2 is 2.05 bits per heavy atom. The molecule has 2 aromatic rings. The molecule has 1 aromatic carbocycles. The third kappa shape index (κ3) is 2.75. The fourth-order valence-corrected chi connectivity index (χ4v) is 4.08. The minimum absolute atomic E-state index is 0.481. The standard InChI is InChI=1S/C16H23N3S/c1-10(12-6-4-3-5-7-12)18-14-9-15-16(8-13(14)17)20-11(2)19-15/h8-10,12,18H,3-7,17H2,1-2H3. The van der Waals surface area contributed by atoms with Gasteiger partial charge in [0.2, 0.25) is 0 Å². The van der Waals surface area contributed by atoms with E-state index in [4.69, 9.17) is 5.73 Å². The van der Waals surface area contributed by atoms with E-state index in [1.807, 2.05) is 6.92 Å². The summed E-state index contributed by atoms with van der Waals surface area (Å²) in [7, 11) is 0. The molecule has 1 fully saturated rings. The summed E-state index contributed by atoms with van der Waals surface area (Å²) in [4.78, 5) is 4.56. The molecule has 0 saturated heterocycles. The molecular formula is C16H23N3S. The van der Waals surface area contributed by atoms with Crippen LogP contribution in [0.3, 0.4) is 0 Å². The lowest BCUT2D eigenvalue weighted by molar-refractivity contribution is 0.328. The maximum absolute atomic E-state index is 6.19. The molecule has 1 aliphatic rings. The number of nitrogens with one attached hydrogen (secondary N) is 1. The Hall–Kier alpha value is -1.29. The molecule has 108 valence electrons. The summed E-state index contributed by atoms with van der Waals surface area (Å²) >= 11 is 1.70. The van der Waals surface area contributed by atoms with Gasteiger partial charge in [-0.1, -0.05) is 19.3 Å². The van der Waals surface area contributed by atoms with E-state index in [1.54, 1.807) is 11.3 Å². The van der Waals surface area contributed by atoms with Gasteiger partial charge in [-0.25, -0.2) is 4.98 Å². The van der Waals surface area contributed by atoms with E-state index in [-0.39, 0.29) is 0 Å². The largest absolute Gasteiger partial charge is 0.397 e. The molecule has 20 heavy (non-hydrogen) atoms. The summed E-state index contributed by atoms with van der Waals surface area (Å²) in [6.07, 6.45) is 6.82. The Labute approximate surface area is 124 Å². The minimum atomic E-state index is 0.481. The normalized spacial score (nSPS) is 18.3. The number of hydrogen-bond acceptors (Lipinski definition) is 4. The third-order valence-electron chi connectivity index (χ3n) is 4.41. The summed E-state index contributed by atoms with van der Waals surface area (Å²) in [5.74, 6) is 0.774. The highest BCUT2D eigenvalue weighted by molar-refractivity contribution is 7.18.